The highest BCUT2D eigenvalue weighted by atomic mass is 79.9. The molecule has 0 saturated heterocycles. The summed E-state index contributed by atoms with van der Waals surface area (Å²) >= 11 is 3.47. The van der Waals surface area contributed by atoms with Gasteiger partial charge in [0.05, 0.1) is 7.11 Å². The van der Waals surface area contributed by atoms with Crippen LogP contribution in [0, 0.1) is 6.92 Å². The molecule has 0 amide bonds. The second-order valence-electron chi connectivity index (χ2n) is 3.76. The Kier molecular flexibility index (Phi) is 5.09. The molecule has 0 aliphatic carbocycles. The van der Waals surface area contributed by atoms with Crippen LogP contribution in [0.2, 0.25) is 0 Å². The molecule has 0 heterocycles. The molecule has 3 N–H and O–H groups in total. The minimum absolute atomic E-state index is 0.250. The fourth-order valence-corrected chi connectivity index (χ4v) is 2.12. The van der Waals surface area contributed by atoms with Crippen LogP contribution in [0.4, 0.5) is 0 Å². The maximum atomic E-state index is 10.0. The highest BCUT2D eigenvalue weighted by Gasteiger charge is 2.13. The van der Waals surface area contributed by atoms with Crippen LogP contribution >= 0.6 is 15.9 Å². The van der Waals surface area contributed by atoms with Crippen molar-refractivity contribution < 1.29 is 9.84 Å². The summed E-state index contributed by atoms with van der Waals surface area (Å²) in [5, 5.41) is 10.0. The Morgan fingerprint density at radius 2 is 2.12 bits per heavy atom. The lowest BCUT2D eigenvalue weighted by molar-refractivity contribution is 0.369. The van der Waals surface area contributed by atoms with Gasteiger partial charge < -0.3 is 15.6 Å². The number of unbranched alkanes of at least 4 members (excludes halogenated alkanes) is 1. The molecule has 0 saturated carbocycles. The molecule has 16 heavy (non-hydrogen) atoms. The predicted octanol–water partition coefficient (Wildman–Crippen LogP) is 2.75. The summed E-state index contributed by atoms with van der Waals surface area (Å²) in [5.74, 6) is 0.764. The Labute approximate surface area is 105 Å². The molecule has 0 bridgehead atoms. The van der Waals surface area contributed by atoms with Gasteiger partial charge in [0.1, 0.15) is 0 Å². The molecular weight excluding hydrogens is 270 g/mol. The van der Waals surface area contributed by atoms with Gasteiger partial charge in [0.2, 0.25) is 0 Å². The van der Waals surface area contributed by atoms with Gasteiger partial charge in [0.15, 0.2) is 11.5 Å². The van der Waals surface area contributed by atoms with Crippen molar-refractivity contribution in [3.05, 3.63) is 21.7 Å². The van der Waals surface area contributed by atoms with E-state index in [-0.39, 0.29) is 5.75 Å². The van der Waals surface area contributed by atoms with Crippen molar-refractivity contribution in [2.24, 2.45) is 5.73 Å². The van der Waals surface area contributed by atoms with Gasteiger partial charge in [0, 0.05) is 10.0 Å². The number of phenols is 1. The molecule has 0 aliphatic heterocycles. The summed E-state index contributed by atoms with van der Waals surface area (Å²) in [6.45, 7) is 2.67. The maximum Gasteiger partial charge on any atom is 0.161 e. The summed E-state index contributed by atoms with van der Waals surface area (Å²) in [6, 6.07) is 1.79. The van der Waals surface area contributed by atoms with E-state index in [9.17, 15) is 5.11 Å². The number of hydrogen-bond donors (Lipinski definition) is 2. The molecule has 0 spiro atoms. The molecule has 1 aromatic rings. The van der Waals surface area contributed by atoms with Gasteiger partial charge in [0.25, 0.3) is 0 Å². The SMILES string of the molecule is COc1cc(Br)c(C)c(CCCCN)c1O. The third kappa shape index (κ3) is 2.89. The van der Waals surface area contributed by atoms with E-state index in [4.69, 9.17) is 10.5 Å². The van der Waals surface area contributed by atoms with Crippen molar-refractivity contribution in [3.8, 4) is 11.5 Å². The Morgan fingerprint density at radius 3 is 2.69 bits per heavy atom. The summed E-state index contributed by atoms with van der Waals surface area (Å²) in [5.41, 5.74) is 7.47. The Hall–Kier alpha value is -0.740. The van der Waals surface area contributed by atoms with Gasteiger partial charge in [-0.25, -0.2) is 0 Å². The minimum Gasteiger partial charge on any atom is -0.504 e. The lowest BCUT2D eigenvalue weighted by Crippen LogP contribution is -2.01. The molecule has 1 rings (SSSR count). The summed E-state index contributed by atoms with van der Waals surface area (Å²) < 4.78 is 6.09. The molecule has 0 atom stereocenters. The number of halogens is 1. The smallest absolute Gasteiger partial charge is 0.161 e. The molecule has 90 valence electrons. The number of benzene rings is 1. The Morgan fingerprint density at radius 1 is 1.44 bits per heavy atom. The summed E-state index contributed by atoms with van der Waals surface area (Å²) in [7, 11) is 1.56. The number of nitrogens with two attached hydrogens (primary N) is 1. The van der Waals surface area contributed by atoms with E-state index < -0.39 is 0 Å². The van der Waals surface area contributed by atoms with Gasteiger partial charge in [-0.3, -0.25) is 0 Å². The van der Waals surface area contributed by atoms with Crippen LogP contribution in [-0.2, 0) is 6.42 Å². The quantitative estimate of drug-likeness (QED) is 0.819. The lowest BCUT2D eigenvalue weighted by Gasteiger charge is -2.13. The highest BCUT2D eigenvalue weighted by molar-refractivity contribution is 9.10. The number of hydrogen-bond acceptors (Lipinski definition) is 3. The number of ether oxygens (including phenoxy) is 1. The molecular formula is C12H18BrNO2. The van der Waals surface area contributed by atoms with Gasteiger partial charge in [-0.05, 0) is 44.4 Å². The van der Waals surface area contributed by atoms with Crippen LogP contribution in [-0.4, -0.2) is 18.8 Å². The molecule has 3 nitrogen and oxygen atoms in total. The van der Waals surface area contributed by atoms with Crippen molar-refractivity contribution in [2.45, 2.75) is 26.2 Å². The summed E-state index contributed by atoms with van der Waals surface area (Å²) in [6.07, 6.45) is 2.77. The fraction of sp³-hybridized carbons (Fsp3) is 0.500. The van der Waals surface area contributed by atoms with Crippen molar-refractivity contribution in [3.63, 3.8) is 0 Å². The first-order valence-corrected chi connectivity index (χ1v) is 6.16. The van der Waals surface area contributed by atoms with E-state index >= 15 is 0 Å². The molecule has 0 aliphatic rings. The van der Waals surface area contributed by atoms with Crippen molar-refractivity contribution in [1.82, 2.24) is 0 Å². The van der Waals surface area contributed by atoms with Crippen molar-refractivity contribution >= 4 is 15.9 Å². The lowest BCUT2D eigenvalue weighted by atomic mass is 10.0. The first kappa shape index (κ1) is 13.3. The monoisotopic (exact) mass is 287 g/mol. The Balaban J connectivity index is 3.00. The van der Waals surface area contributed by atoms with E-state index in [1.807, 2.05) is 6.92 Å². The third-order valence-electron chi connectivity index (χ3n) is 2.69. The second kappa shape index (κ2) is 6.11. The van der Waals surface area contributed by atoms with E-state index in [1.54, 1.807) is 13.2 Å². The average molecular weight is 288 g/mol. The van der Waals surface area contributed by atoms with Crippen LogP contribution in [0.25, 0.3) is 0 Å². The van der Waals surface area contributed by atoms with E-state index in [0.717, 1.165) is 34.9 Å². The molecule has 0 unspecified atom stereocenters. The third-order valence-corrected chi connectivity index (χ3v) is 3.51. The highest BCUT2D eigenvalue weighted by Crippen LogP contribution is 2.37. The van der Waals surface area contributed by atoms with E-state index in [2.05, 4.69) is 15.9 Å². The zero-order chi connectivity index (χ0) is 12.1. The number of methoxy groups -OCH3 is 1. The van der Waals surface area contributed by atoms with Gasteiger partial charge in [-0.1, -0.05) is 15.9 Å². The van der Waals surface area contributed by atoms with Crippen LogP contribution in [0.3, 0.4) is 0 Å². The predicted molar refractivity (Wildman–Crippen MR) is 69.1 cm³/mol. The second-order valence-corrected chi connectivity index (χ2v) is 4.61. The average Bonchev–Trinajstić information content (AvgIpc) is 2.28. The largest absolute Gasteiger partial charge is 0.504 e. The number of phenolic OH excluding ortho intramolecular Hbond substituents is 1. The molecule has 0 fully saturated rings. The van der Waals surface area contributed by atoms with Gasteiger partial charge in [-0.15, -0.1) is 0 Å². The van der Waals surface area contributed by atoms with Gasteiger partial charge >= 0.3 is 0 Å². The van der Waals surface area contributed by atoms with Crippen LogP contribution in [0.15, 0.2) is 10.5 Å². The first-order chi connectivity index (χ1) is 7.61. The number of rotatable bonds is 5. The standard InChI is InChI=1S/C12H18BrNO2/c1-8-9(5-3-4-6-14)12(15)11(16-2)7-10(8)13/h7,15H,3-6,14H2,1-2H3. The molecule has 4 heteroatoms. The summed E-state index contributed by atoms with van der Waals surface area (Å²) in [4.78, 5) is 0. The normalized spacial score (nSPS) is 10.5. The maximum absolute atomic E-state index is 10.0. The fourth-order valence-electron chi connectivity index (χ4n) is 1.67. The van der Waals surface area contributed by atoms with Crippen molar-refractivity contribution in [2.75, 3.05) is 13.7 Å². The first-order valence-electron chi connectivity index (χ1n) is 5.36. The van der Waals surface area contributed by atoms with Crippen LogP contribution in [0.1, 0.15) is 24.0 Å². The molecule has 1 aromatic carbocycles. The van der Waals surface area contributed by atoms with Crippen LogP contribution < -0.4 is 10.5 Å². The molecule has 0 radical (unpaired) electrons. The Bertz CT molecular complexity index is 367. The van der Waals surface area contributed by atoms with Gasteiger partial charge in [-0.2, -0.15) is 0 Å². The van der Waals surface area contributed by atoms with Crippen molar-refractivity contribution in [1.29, 1.82) is 0 Å². The van der Waals surface area contributed by atoms with E-state index in [0.29, 0.717) is 12.3 Å². The number of aromatic hydroxyl groups is 1. The minimum atomic E-state index is 0.250. The molecule has 0 aromatic heterocycles. The van der Waals surface area contributed by atoms with E-state index in [1.165, 1.54) is 0 Å². The topological polar surface area (TPSA) is 55.5 Å². The zero-order valence-corrected chi connectivity index (χ0v) is 11.3. The van der Waals surface area contributed by atoms with Crippen LogP contribution in [0.5, 0.6) is 11.5 Å². The zero-order valence-electron chi connectivity index (χ0n) is 9.72.